The maximum absolute atomic E-state index is 12.9. The predicted molar refractivity (Wildman–Crippen MR) is 123 cm³/mol. The Morgan fingerprint density at radius 1 is 1.22 bits per heavy atom. The van der Waals surface area contributed by atoms with Crippen molar-refractivity contribution < 1.29 is 14.6 Å². The molecule has 1 saturated heterocycles. The molecule has 5 rings (SSSR count). The van der Waals surface area contributed by atoms with Crippen molar-refractivity contribution in [3.05, 3.63) is 50.4 Å². The Balaban J connectivity index is 1.27. The zero-order valence-corrected chi connectivity index (χ0v) is 18.8. The Labute approximate surface area is 189 Å². The third-order valence-electron chi connectivity index (χ3n) is 6.34. The molecule has 3 aromatic rings. The van der Waals surface area contributed by atoms with Gasteiger partial charge in [0.25, 0.3) is 11.5 Å². The molecule has 2 aliphatic rings. The van der Waals surface area contributed by atoms with Gasteiger partial charge in [0.05, 0.1) is 24.6 Å². The van der Waals surface area contributed by atoms with E-state index in [0.29, 0.717) is 44.3 Å². The molecule has 0 unspecified atom stereocenters. The first-order valence-electron chi connectivity index (χ1n) is 11.0. The highest BCUT2D eigenvalue weighted by Crippen LogP contribution is 2.33. The Morgan fingerprint density at radius 3 is 2.78 bits per heavy atom. The van der Waals surface area contributed by atoms with E-state index in [1.165, 1.54) is 30.0 Å². The SMILES string of the molecule is COc1ccc(O)c(C(=O)N2CCN(Cc3nc4sc5c(c4c(=O)[nH]3)CCCC5)CC2)c1. The number of amides is 1. The van der Waals surface area contributed by atoms with E-state index in [2.05, 4.69) is 9.88 Å². The van der Waals surface area contributed by atoms with Crippen molar-refractivity contribution in [3.8, 4) is 11.5 Å². The maximum atomic E-state index is 12.9. The fourth-order valence-electron chi connectivity index (χ4n) is 4.59. The Kier molecular flexibility index (Phi) is 5.60. The number of aryl methyl sites for hydroxylation is 2. The topological polar surface area (TPSA) is 98.8 Å². The smallest absolute Gasteiger partial charge is 0.259 e. The van der Waals surface area contributed by atoms with Gasteiger partial charge in [-0.15, -0.1) is 11.3 Å². The van der Waals surface area contributed by atoms with Crippen LogP contribution in [0.15, 0.2) is 23.0 Å². The molecule has 0 bridgehead atoms. The molecule has 8 nitrogen and oxygen atoms in total. The lowest BCUT2D eigenvalue weighted by atomic mass is 9.97. The summed E-state index contributed by atoms with van der Waals surface area (Å²) < 4.78 is 5.17. The van der Waals surface area contributed by atoms with Crippen LogP contribution in [-0.2, 0) is 19.4 Å². The van der Waals surface area contributed by atoms with Crippen LogP contribution in [0.25, 0.3) is 10.2 Å². The second-order valence-corrected chi connectivity index (χ2v) is 9.44. The standard InChI is InChI=1S/C23H26N4O4S/c1-31-14-6-7-17(28)16(12-14)23(30)27-10-8-26(9-11-27)13-19-24-21(29)20-15-4-2-3-5-18(15)32-22(20)25-19/h6-7,12,28H,2-5,8-11,13H2,1H3,(H,24,25,29). The molecule has 168 valence electrons. The number of thiophene rings is 1. The normalized spacial score (nSPS) is 16.8. The van der Waals surface area contributed by atoms with Gasteiger partial charge in [-0.3, -0.25) is 14.5 Å². The maximum Gasteiger partial charge on any atom is 0.259 e. The van der Waals surface area contributed by atoms with Crippen molar-refractivity contribution >= 4 is 27.5 Å². The number of aromatic hydroxyl groups is 1. The van der Waals surface area contributed by atoms with Crippen molar-refractivity contribution in [2.24, 2.45) is 0 Å². The van der Waals surface area contributed by atoms with Crippen molar-refractivity contribution in [2.75, 3.05) is 33.3 Å². The van der Waals surface area contributed by atoms with Gasteiger partial charge in [-0.25, -0.2) is 4.98 Å². The van der Waals surface area contributed by atoms with Crippen molar-refractivity contribution in [3.63, 3.8) is 0 Å². The summed E-state index contributed by atoms with van der Waals surface area (Å²) in [6.07, 6.45) is 4.33. The monoisotopic (exact) mass is 454 g/mol. The van der Waals surface area contributed by atoms with Gasteiger partial charge in [-0.1, -0.05) is 0 Å². The highest BCUT2D eigenvalue weighted by molar-refractivity contribution is 7.18. The molecule has 1 fully saturated rings. The van der Waals surface area contributed by atoms with E-state index < -0.39 is 0 Å². The van der Waals surface area contributed by atoms with Crippen LogP contribution >= 0.6 is 11.3 Å². The number of rotatable bonds is 4. The molecule has 0 saturated carbocycles. The third kappa shape index (κ3) is 3.86. The van der Waals surface area contributed by atoms with Crippen LogP contribution in [0.2, 0.25) is 0 Å². The first-order chi connectivity index (χ1) is 15.5. The zero-order valence-electron chi connectivity index (χ0n) is 18.0. The summed E-state index contributed by atoms with van der Waals surface area (Å²) in [7, 11) is 1.53. The number of methoxy groups -OCH3 is 1. The van der Waals surface area contributed by atoms with Crippen LogP contribution in [0, 0.1) is 0 Å². The van der Waals surface area contributed by atoms with E-state index in [1.807, 2.05) is 0 Å². The summed E-state index contributed by atoms with van der Waals surface area (Å²) in [5.41, 5.74) is 1.41. The number of aromatic amines is 1. The van der Waals surface area contributed by atoms with Crippen LogP contribution < -0.4 is 10.3 Å². The molecular weight excluding hydrogens is 428 g/mol. The highest BCUT2D eigenvalue weighted by Gasteiger charge is 2.25. The lowest BCUT2D eigenvalue weighted by Crippen LogP contribution is -2.48. The fourth-order valence-corrected chi connectivity index (χ4v) is 5.87. The third-order valence-corrected chi connectivity index (χ3v) is 7.53. The van der Waals surface area contributed by atoms with Crippen LogP contribution in [0.3, 0.4) is 0 Å². The van der Waals surface area contributed by atoms with E-state index >= 15 is 0 Å². The summed E-state index contributed by atoms with van der Waals surface area (Å²) in [6, 6.07) is 4.66. The largest absolute Gasteiger partial charge is 0.507 e. The van der Waals surface area contributed by atoms with Gasteiger partial charge in [0.15, 0.2) is 0 Å². The van der Waals surface area contributed by atoms with Gasteiger partial charge in [0.1, 0.15) is 22.2 Å². The van der Waals surface area contributed by atoms with Crippen LogP contribution in [0.1, 0.15) is 39.5 Å². The number of phenols is 1. The van der Waals surface area contributed by atoms with Crippen LogP contribution in [0.5, 0.6) is 11.5 Å². The zero-order chi connectivity index (χ0) is 22.2. The second-order valence-electron chi connectivity index (χ2n) is 8.36. The number of fused-ring (bicyclic) bond motifs is 3. The summed E-state index contributed by atoms with van der Waals surface area (Å²) in [4.78, 5) is 39.5. The Bertz CT molecular complexity index is 1230. The van der Waals surface area contributed by atoms with Crippen molar-refractivity contribution in [1.82, 2.24) is 19.8 Å². The highest BCUT2D eigenvalue weighted by atomic mass is 32.1. The molecule has 32 heavy (non-hydrogen) atoms. The first kappa shape index (κ1) is 21.0. The van der Waals surface area contributed by atoms with Crippen molar-refractivity contribution in [1.29, 1.82) is 0 Å². The molecule has 1 aliphatic carbocycles. The predicted octanol–water partition coefficient (Wildman–Crippen LogP) is 2.54. The number of benzene rings is 1. The number of piperazine rings is 1. The molecule has 2 N–H and O–H groups in total. The summed E-state index contributed by atoms with van der Waals surface area (Å²) in [5.74, 6) is 0.946. The number of carbonyl (C=O) groups excluding carboxylic acids is 1. The molecule has 9 heteroatoms. The Morgan fingerprint density at radius 2 is 2.00 bits per heavy atom. The fraction of sp³-hybridized carbons (Fsp3) is 0.435. The molecule has 1 aliphatic heterocycles. The number of H-pyrrole nitrogens is 1. The lowest BCUT2D eigenvalue weighted by molar-refractivity contribution is 0.0622. The Hall–Kier alpha value is -2.91. The number of hydrogen-bond acceptors (Lipinski definition) is 7. The van der Waals surface area contributed by atoms with E-state index in [9.17, 15) is 14.7 Å². The lowest BCUT2D eigenvalue weighted by Gasteiger charge is -2.34. The molecule has 1 aromatic carbocycles. The number of nitrogens with zero attached hydrogens (tertiary/aromatic N) is 3. The number of carbonyl (C=O) groups is 1. The molecular formula is C23H26N4O4S. The van der Waals surface area contributed by atoms with Gasteiger partial charge < -0.3 is 19.7 Å². The minimum Gasteiger partial charge on any atom is -0.507 e. The minimum atomic E-state index is -0.210. The summed E-state index contributed by atoms with van der Waals surface area (Å²) >= 11 is 1.66. The number of hydrogen-bond donors (Lipinski definition) is 2. The number of nitrogens with one attached hydrogen (secondary N) is 1. The van der Waals surface area contributed by atoms with E-state index in [4.69, 9.17) is 9.72 Å². The van der Waals surface area contributed by atoms with Crippen molar-refractivity contribution in [2.45, 2.75) is 32.2 Å². The van der Waals surface area contributed by atoms with Gasteiger partial charge >= 0.3 is 0 Å². The first-order valence-corrected chi connectivity index (χ1v) is 11.8. The molecule has 3 heterocycles. The molecule has 2 aromatic heterocycles. The molecule has 0 spiro atoms. The average molecular weight is 455 g/mol. The second kappa shape index (κ2) is 8.55. The van der Waals surface area contributed by atoms with Crippen LogP contribution in [0.4, 0.5) is 0 Å². The molecule has 1 amide bonds. The summed E-state index contributed by atoms with van der Waals surface area (Å²) in [6.45, 7) is 2.95. The van der Waals surface area contributed by atoms with E-state index in [1.54, 1.807) is 28.4 Å². The number of aromatic nitrogens is 2. The van der Waals surface area contributed by atoms with Gasteiger partial charge in [0, 0.05) is 31.1 Å². The van der Waals surface area contributed by atoms with E-state index in [0.717, 1.165) is 29.5 Å². The molecule has 0 radical (unpaired) electrons. The van der Waals surface area contributed by atoms with Gasteiger partial charge in [-0.05, 0) is 49.4 Å². The quantitative estimate of drug-likeness (QED) is 0.629. The van der Waals surface area contributed by atoms with Crippen LogP contribution in [-0.4, -0.2) is 64.1 Å². The number of ether oxygens (including phenoxy) is 1. The molecule has 0 atom stereocenters. The minimum absolute atomic E-state index is 0.0355. The van der Waals surface area contributed by atoms with Gasteiger partial charge in [-0.2, -0.15) is 0 Å². The summed E-state index contributed by atoms with van der Waals surface area (Å²) in [5, 5.41) is 10.9. The van der Waals surface area contributed by atoms with E-state index in [-0.39, 0.29) is 22.8 Å². The number of phenolic OH excluding ortho intramolecular Hbond substituents is 1. The van der Waals surface area contributed by atoms with Gasteiger partial charge in [0.2, 0.25) is 0 Å². The average Bonchev–Trinajstić information content (AvgIpc) is 3.18.